The second kappa shape index (κ2) is 11.0. The second-order valence-corrected chi connectivity index (χ2v) is 7.74. The highest BCUT2D eigenvalue weighted by Crippen LogP contribution is 2.32. The Bertz CT molecular complexity index is 1370. The van der Waals surface area contributed by atoms with E-state index in [-0.39, 0.29) is 28.2 Å². The van der Waals surface area contributed by atoms with E-state index in [0.717, 1.165) is 6.07 Å². The van der Waals surface area contributed by atoms with Crippen LogP contribution in [0.2, 0.25) is 0 Å². The van der Waals surface area contributed by atoms with Gasteiger partial charge in [0.05, 0.1) is 18.8 Å². The number of carbonyl (C=O) groups is 1. The zero-order valence-corrected chi connectivity index (χ0v) is 19.7. The predicted molar refractivity (Wildman–Crippen MR) is 131 cm³/mol. The van der Waals surface area contributed by atoms with Crippen LogP contribution >= 0.6 is 0 Å². The molecule has 0 atom stereocenters. The molecular weight excluding hydrogens is 469 g/mol. The minimum Gasteiger partial charge on any atom is -0.494 e. The molecule has 184 valence electrons. The summed E-state index contributed by atoms with van der Waals surface area (Å²) in [5.74, 6) is -2.62. The molecule has 0 bridgehead atoms. The van der Waals surface area contributed by atoms with Crippen LogP contribution in [-0.4, -0.2) is 19.2 Å². The van der Waals surface area contributed by atoms with Gasteiger partial charge < -0.3 is 14.2 Å². The fourth-order valence-corrected chi connectivity index (χ4v) is 3.66. The zero-order chi connectivity index (χ0) is 25.7. The average molecular weight is 492 g/mol. The Kier molecular flexibility index (Phi) is 7.59. The van der Waals surface area contributed by atoms with Crippen LogP contribution in [-0.2, 0) is 0 Å². The first kappa shape index (κ1) is 24.9. The second-order valence-electron chi connectivity index (χ2n) is 7.74. The molecule has 7 heteroatoms. The third-order valence-corrected chi connectivity index (χ3v) is 5.40. The lowest BCUT2D eigenvalue weighted by Gasteiger charge is -2.11. The van der Waals surface area contributed by atoms with Gasteiger partial charge in [-0.2, -0.15) is 0 Å². The predicted octanol–water partition coefficient (Wildman–Crippen LogP) is 7.45. The molecule has 4 nitrogen and oxygen atoms in total. The lowest BCUT2D eigenvalue weighted by atomic mass is 9.98. The maximum absolute atomic E-state index is 15.0. The van der Waals surface area contributed by atoms with Gasteiger partial charge in [-0.15, -0.1) is 0 Å². The Balaban J connectivity index is 1.51. The van der Waals surface area contributed by atoms with E-state index in [1.165, 1.54) is 48.5 Å². The molecule has 4 aromatic rings. The molecule has 36 heavy (non-hydrogen) atoms. The van der Waals surface area contributed by atoms with Crippen LogP contribution in [0.4, 0.5) is 13.2 Å². The molecule has 0 N–H and O–H groups in total. The summed E-state index contributed by atoms with van der Waals surface area (Å²) >= 11 is 0. The van der Waals surface area contributed by atoms with E-state index < -0.39 is 23.4 Å². The maximum Gasteiger partial charge on any atom is 0.343 e. The quantitative estimate of drug-likeness (QED) is 0.189. The van der Waals surface area contributed by atoms with Gasteiger partial charge in [-0.1, -0.05) is 36.4 Å². The van der Waals surface area contributed by atoms with Crippen molar-refractivity contribution in [3.63, 3.8) is 0 Å². The van der Waals surface area contributed by atoms with Gasteiger partial charge in [0.15, 0.2) is 23.2 Å². The molecule has 0 saturated heterocycles. The summed E-state index contributed by atoms with van der Waals surface area (Å²) in [6.07, 6.45) is 0. The first-order valence-corrected chi connectivity index (χ1v) is 11.4. The SMILES string of the molecule is CCOc1ccc(-c2ccc(-c3ccc(C(=O)Oc4ccc(OCC)c(F)c4)cc3)c(F)c2F)cc1. The van der Waals surface area contributed by atoms with Crippen molar-refractivity contribution in [2.45, 2.75) is 13.8 Å². The fraction of sp³-hybridized carbons (Fsp3) is 0.138. The van der Waals surface area contributed by atoms with Gasteiger partial charge in [-0.05, 0) is 61.4 Å². The van der Waals surface area contributed by atoms with Gasteiger partial charge in [-0.3, -0.25) is 0 Å². The van der Waals surface area contributed by atoms with Crippen LogP contribution in [0.25, 0.3) is 22.3 Å². The van der Waals surface area contributed by atoms with E-state index in [0.29, 0.717) is 30.1 Å². The number of esters is 1. The maximum atomic E-state index is 15.0. The Hall–Kier alpha value is -4.26. The van der Waals surface area contributed by atoms with Crippen LogP contribution in [0.1, 0.15) is 24.2 Å². The minimum atomic E-state index is -0.999. The van der Waals surface area contributed by atoms with Crippen molar-refractivity contribution in [1.29, 1.82) is 0 Å². The van der Waals surface area contributed by atoms with Crippen LogP contribution < -0.4 is 14.2 Å². The number of rotatable bonds is 8. The van der Waals surface area contributed by atoms with Crippen molar-refractivity contribution in [3.8, 4) is 39.5 Å². The number of halogens is 3. The molecule has 0 unspecified atom stereocenters. The molecule has 0 spiro atoms. The lowest BCUT2D eigenvalue weighted by molar-refractivity contribution is 0.0734. The van der Waals surface area contributed by atoms with Crippen molar-refractivity contribution in [2.75, 3.05) is 13.2 Å². The summed E-state index contributed by atoms with van der Waals surface area (Å²) in [4.78, 5) is 12.5. The van der Waals surface area contributed by atoms with Crippen LogP contribution in [0.3, 0.4) is 0 Å². The van der Waals surface area contributed by atoms with Gasteiger partial charge in [0.25, 0.3) is 0 Å². The van der Waals surface area contributed by atoms with Crippen molar-refractivity contribution in [1.82, 2.24) is 0 Å². The van der Waals surface area contributed by atoms with E-state index in [1.807, 2.05) is 6.92 Å². The van der Waals surface area contributed by atoms with Crippen LogP contribution in [0.15, 0.2) is 78.9 Å². The largest absolute Gasteiger partial charge is 0.494 e. The summed E-state index contributed by atoms with van der Waals surface area (Å²) < 4.78 is 59.6. The lowest BCUT2D eigenvalue weighted by Crippen LogP contribution is -2.08. The Morgan fingerprint density at radius 3 is 1.72 bits per heavy atom. The van der Waals surface area contributed by atoms with E-state index in [4.69, 9.17) is 14.2 Å². The van der Waals surface area contributed by atoms with E-state index in [2.05, 4.69) is 0 Å². The monoisotopic (exact) mass is 492 g/mol. The Labute approximate surface area is 206 Å². The number of carbonyl (C=O) groups excluding carboxylic acids is 1. The number of ether oxygens (including phenoxy) is 3. The summed E-state index contributed by atoms with van der Waals surface area (Å²) in [6, 6.07) is 19.4. The standard InChI is InChI=1S/C29H23F3O4/c1-3-34-21-11-9-19(10-12-21)24-15-14-23(27(31)28(24)32)18-5-7-20(8-6-18)29(33)36-22-13-16-26(35-4-2)25(30)17-22/h5-17H,3-4H2,1-2H3. The molecule has 0 heterocycles. The molecule has 0 saturated carbocycles. The van der Waals surface area contributed by atoms with Crippen molar-refractivity contribution in [2.24, 2.45) is 0 Å². The normalized spacial score (nSPS) is 10.7. The van der Waals surface area contributed by atoms with E-state index in [9.17, 15) is 18.0 Å². The molecule has 0 radical (unpaired) electrons. The molecule has 0 aromatic heterocycles. The van der Waals surface area contributed by atoms with Gasteiger partial charge in [0.1, 0.15) is 11.5 Å². The van der Waals surface area contributed by atoms with E-state index in [1.54, 1.807) is 31.2 Å². The Morgan fingerprint density at radius 2 is 1.19 bits per heavy atom. The smallest absolute Gasteiger partial charge is 0.343 e. The molecule has 4 rings (SSSR count). The number of hydrogen-bond acceptors (Lipinski definition) is 4. The first-order valence-electron chi connectivity index (χ1n) is 11.4. The summed E-state index contributed by atoms with van der Waals surface area (Å²) in [7, 11) is 0. The average Bonchev–Trinajstić information content (AvgIpc) is 2.88. The van der Waals surface area contributed by atoms with E-state index >= 15 is 0 Å². The highest BCUT2D eigenvalue weighted by Gasteiger charge is 2.17. The van der Waals surface area contributed by atoms with Gasteiger partial charge >= 0.3 is 5.97 Å². The van der Waals surface area contributed by atoms with Gasteiger partial charge in [0, 0.05) is 17.2 Å². The summed E-state index contributed by atoms with van der Waals surface area (Å²) in [6.45, 7) is 4.40. The third-order valence-electron chi connectivity index (χ3n) is 5.40. The third kappa shape index (κ3) is 5.35. The fourth-order valence-electron chi connectivity index (χ4n) is 3.66. The van der Waals surface area contributed by atoms with Crippen LogP contribution in [0, 0.1) is 17.5 Å². The van der Waals surface area contributed by atoms with Gasteiger partial charge in [-0.25, -0.2) is 18.0 Å². The van der Waals surface area contributed by atoms with Crippen LogP contribution in [0.5, 0.6) is 17.2 Å². The molecule has 0 amide bonds. The number of benzene rings is 4. The number of hydrogen-bond donors (Lipinski definition) is 0. The molecule has 0 aliphatic heterocycles. The highest BCUT2D eigenvalue weighted by molar-refractivity contribution is 5.91. The minimum absolute atomic E-state index is 0.0167. The summed E-state index contributed by atoms with van der Waals surface area (Å²) in [5, 5.41) is 0. The molecule has 4 aromatic carbocycles. The zero-order valence-electron chi connectivity index (χ0n) is 19.7. The first-order chi connectivity index (χ1) is 17.4. The van der Waals surface area contributed by atoms with Crippen molar-refractivity contribution < 1.29 is 32.2 Å². The molecule has 0 aliphatic rings. The highest BCUT2D eigenvalue weighted by atomic mass is 19.2. The summed E-state index contributed by atoms with van der Waals surface area (Å²) in [5.41, 5.74) is 1.25. The Morgan fingerprint density at radius 1 is 0.667 bits per heavy atom. The molecular formula is C29H23F3O4. The van der Waals surface area contributed by atoms with Crippen molar-refractivity contribution >= 4 is 5.97 Å². The molecule has 0 aliphatic carbocycles. The molecule has 0 fully saturated rings. The van der Waals surface area contributed by atoms with Gasteiger partial charge in [0.2, 0.25) is 0 Å². The topological polar surface area (TPSA) is 44.8 Å². The van der Waals surface area contributed by atoms with Crippen molar-refractivity contribution in [3.05, 3.63) is 102 Å².